The van der Waals surface area contributed by atoms with Crippen LogP contribution in [0.25, 0.3) is 11.4 Å². The second kappa shape index (κ2) is 8.35. The molecule has 7 heteroatoms. The molecule has 0 unspecified atom stereocenters. The van der Waals surface area contributed by atoms with Crippen LogP contribution in [0, 0.1) is 6.92 Å². The fraction of sp³-hybridized carbons (Fsp3) is 0.250. The zero-order valence-electron chi connectivity index (χ0n) is 15.4. The van der Waals surface area contributed by atoms with E-state index in [1.165, 1.54) is 0 Å². The van der Waals surface area contributed by atoms with Crippen molar-refractivity contribution in [3.63, 3.8) is 0 Å². The second-order valence-corrected chi connectivity index (χ2v) is 6.09. The minimum absolute atomic E-state index is 0.135. The molecule has 0 saturated carbocycles. The Morgan fingerprint density at radius 1 is 1.22 bits per heavy atom. The number of nitrogens with zero attached hydrogens (tertiary/aromatic N) is 2. The normalized spacial score (nSPS) is 10.6. The number of carbonyl (C=O) groups is 1. The van der Waals surface area contributed by atoms with Crippen LogP contribution in [0.2, 0.25) is 0 Å². The van der Waals surface area contributed by atoms with Gasteiger partial charge in [0.15, 0.2) is 0 Å². The summed E-state index contributed by atoms with van der Waals surface area (Å²) in [5.74, 6) is 1.56. The molecule has 2 aromatic carbocycles. The third-order valence-corrected chi connectivity index (χ3v) is 3.99. The Kier molecular flexibility index (Phi) is 5.71. The van der Waals surface area contributed by atoms with Crippen LogP contribution >= 0.6 is 0 Å². The van der Waals surface area contributed by atoms with Gasteiger partial charge in [-0.1, -0.05) is 11.2 Å². The zero-order valence-corrected chi connectivity index (χ0v) is 15.4. The van der Waals surface area contributed by atoms with Crippen molar-refractivity contribution in [1.29, 1.82) is 0 Å². The number of nitrogens with two attached hydrogens (primary N) is 1. The summed E-state index contributed by atoms with van der Waals surface area (Å²) in [4.78, 5) is 16.5. The van der Waals surface area contributed by atoms with Gasteiger partial charge in [0.2, 0.25) is 17.6 Å². The van der Waals surface area contributed by atoms with Gasteiger partial charge in [0.25, 0.3) is 0 Å². The van der Waals surface area contributed by atoms with E-state index >= 15 is 0 Å². The van der Waals surface area contributed by atoms with Crippen molar-refractivity contribution in [2.24, 2.45) is 0 Å². The van der Waals surface area contributed by atoms with Crippen LogP contribution in [0.1, 0.15) is 24.8 Å². The van der Waals surface area contributed by atoms with E-state index in [1.807, 2.05) is 44.2 Å². The van der Waals surface area contributed by atoms with E-state index < -0.39 is 0 Å². The summed E-state index contributed by atoms with van der Waals surface area (Å²) in [6, 6.07) is 12.9. The van der Waals surface area contributed by atoms with E-state index in [0.717, 1.165) is 16.9 Å². The van der Waals surface area contributed by atoms with Crippen LogP contribution in [-0.2, 0) is 11.2 Å². The first kappa shape index (κ1) is 18.4. The lowest BCUT2D eigenvalue weighted by molar-refractivity contribution is -0.116. The molecule has 0 saturated heterocycles. The van der Waals surface area contributed by atoms with E-state index in [-0.39, 0.29) is 12.3 Å². The number of carbonyl (C=O) groups excluding carboxylic acids is 1. The van der Waals surface area contributed by atoms with Crippen molar-refractivity contribution in [2.45, 2.75) is 26.7 Å². The Labute approximate surface area is 157 Å². The van der Waals surface area contributed by atoms with Crippen LogP contribution in [0.4, 0.5) is 11.4 Å². The minimum Gasteiger partial charge on any atom is -0.494 e. The summed E-state index contributed by atoms with van der Waals surface area (Å²) in [5, 5.41) is 6.83. The quantitative estimate of drug-likeness (QED) is 0.619. The Morgan fingerprint density at radius 3 is 2.74 bits per heavy atom. The molecule has 1 heterocycles. The molecule has 1 amide bonds. The SMILES string of the molecule is CCOc1ccc(-c2noc(CCC(=O)Nc3cc(N)ccc3C)n2)cc1. The summed E-state index contributed by atoms with van der Waals surface area (Å²) in [7, 11) is 0. The smallest absolute Gasteiger partial charge is 0.227 e. The third kappa shape index (κ3) is 4.84. The molecule has 1 aromatic heterocycles. The Bertz CT molecular complexity index is 919. The van der Waals surface area contributed by atoms with Gasteiger partial charge < -0.3 is 20.3 Å². The van der Waals surface area contributed by atoms with Crippen molar-refractivity contribution in [3.8, 4) is 17.1 Å². The maximum atomic E-state index is 12.2. The molecule has 3 aromatic rings. The Hall–Kier alpha value is -3.35. The van der Waals surface area contributed by atoms with E-state index in [0.29, 0.717) is 36.1 Å². The number of rotatable bonds is 7. The van der Waals surface area contributed by atoms with Gasteiger partial charge in [0.1, 0.15) is 5.75 Å². The number of nitrogens with one attached hydrogen (secondary N) is 1. The van der Waals surface area contributed by atoms with Gasteiger partial charge in [0, 0.05) is 29.8 Å². The van der Waals surface area contributed by atoms with Crippen molar-refractivity contribution in [1.82, 2.24) is 10.1 Å². The highest BCUT2D eigenvalue weighted by molar-refractivity contribution is 5.92. The lowest BCUT2D eigenvalue weighted by Crippen LogP contribution is -2.13. The topological polar surface area (TPSA) is 103 Å². The maximum Gasteiger partial charge on any atom is 0.227 e. The summed E-state index contributed by atoms with van der Waals surface area (Å²) in [6.07, 6.45) is 0.594. The fourth-order valence-electron chi connectivity index (χ4n) is 2.55. The fourth-order valence-corrected chi connectivity index (χ4v) is 2.55. The van der Waals surface area contributed by atoms with Gasteiger partial charge in [-0.05, 0) is 55.8 Å². The molecule has 3 rings (SSSR count). The van der Waals surface area contributed by atoms with Crippen LogP contribution < -0.4 is 15.8 Å². The summed E-state index contributed by atoms with van der Waals surface area (Å²) in [5.41, 5.74) is 8.85. The summed E-state index contributed by atoms with van der Waals surface area (Å²) < 4.78 is 10.7. The van der Waals surface area contributed by atoms with E-state index in [4.69, 9.17) is 15.0 Å². The molecular weight excluding hydrogens is 344 g/mol. The number of anilines is 2. The van der Waals surface area contributed by atoms with Gasteiger partial charge in [-0.15, -0.1) is 0 Å². The first-order chi connectivity index (χ1) is 13.0. The molecule has 0 radical (unpaired) electrons. The molecule has 27 heavy (non-hydrogen) atoms. The standard InChI is InChI=1S/C20H22N4O3/c1-3-26-16-8-5-14(6-9-16)20-23-19(27-24-20)11-10-18(25)22-17-12-15(21)7-4-13(17)2/h4-9,12H,3,10-11,21H2,1-2H3,(H,22,25). The largest absolute Gasteiger partial charge is 0.494 e. The van der Waals surface area contributed by atoms with Crippen LogP contribution in [0.3, 0.4) is 0 Å². The van der Waals surface area contributed by atoms with Gasteiger partial charge in [-0.2, -0.15) is 4.98 Å². The lowest BCUT2D eigenvalue weighted by atomic mass is 10.1. The van der Waals surface area contributed by atoms with Crippen molar-refractivity contribution >= 4 is 17.3 Å². The molecule has 0 atom stereocenters. The van der Waals surface area contributed by atoms with Crippen molar-refractivity contribution in [3.05, 3.63) is 53.9 Å². The minimum atomic E-state index is -0.135. The molecule has 0 fully saturated rings. The summed E-state index contributed by atoms with van der Waals surface area (Å²) in [6.45, 7) is 4.46. The highest BCUT2D eigenvalue weighted by Gasteiger charge is 2.12. The predicted octanol–water partition coefficient (Wildman–Crippen LogP) is 3.60. The molecule has 0 aliphatic rings. The zero-order chi connectivity index (χ0) is 19.2. The Morgan fingerprint density at radius 2 is 2.00 bits per heavy atom. The average molecular weight is 366 g/mol. The van der Waals surface area contributed by atoms with Gasteiger partial charge >= 0.3 is 0 Å². The molecule has 140 valence electrons. The van der Waals surface area contributed by atoms with Gasteiger partial charge in [-0.3, -0.25) is 4.79 Å². The molecule has 0 bridgehead atoms. The monoisotopic (exact) mass is 366 g/mol. The molecule has 0 aliphatic heterocycles. The van der Waals surface area contributed by atoms with Crippen LogP contribution in [0.15, 0.2) is 47.0 Å². The number of benzene rings is 2. The van der Waals surface area contributed by atoms with E-state index in [2.05, 4.69) is 15.5 Å². The average Bonchev–Trinajstić information content (AvgIpc) is 3.13. The lowest BCUT2D eigenvalue weighted by Gasteiger charge is -2.08. The maximum absolute atomic E-state index is 12.2. The number of nitrogen functional groups attached to an aromatic ring is 1. The second-order valence-electron chi connectivity index (χ2n) is 6.09. The van der Waals surface area contributed by atoms with E-state index in [1.54, 1.807) is 12.1 Å². The van der Waals surface area contributed by atoms with Crippen molar-refractivity contribution < 1.29 is 14.1 Å². The van der Waals surface area contributed by atoms with Gasteiger partial charge in [-0.25, -0.2) is 0 Å². The first-order valence-corrected chi connectivity index (χ1v) is 8.77. The number of amides is 1. The van der Waals surface area contributed by atoms with Crippen LogP contribution in [0.5, 0.6) is 5.75 Å². The van der Waals surface area contributed by atoms with Crippen LogP contribution in [-0.4, -0.2) is 22.7 Å². The molecular formula is C20H22N4O3. The van der Waals surface area contributed by atoms with E-state index in [9.17, 15) is 4.79 Å². The molecule has 0 aliphatic carbocycles. The number of aromatic nitrogens is 2. The molecule has 3 N–H and O–H groups in total. The summed E-state index contributed by atoms with van der Waals surface area (Å²) >= 11 is 0. The Balaban J connectivity index is 1.57. The molecule has 7 nitrogen and oxygen atoms in total. The molecule has 0 spiro atoms. The highest BCUT2D eigenvalue weighted by atomic mass is 16.5. The highest BCUT2D eigenvalue weighted by Crippen LogP contribution is 2.21. The third-order valence-electron chi connectivity index (χ3n) is 3.99. The number of hydrogen-bond acceptors (Lipinski definition) is 6. The predicted molar refractivity (Wildman–Crippen MR) is 103 cm³/mol. The first-order valence-electron chi connectivity index (χ1n) is 8.77. The number of hydrogen-bond donors (Lipinski definition) is 2. The van der Waals surface area contributed by atoms with Crippen molar-refractivity contribution in [2.75, 3.05) is 17.7 Å². The van der Waals surface area contributed by atoms with Gasteiger partial charge in [0.05, 0.1) is 6.61 Å². The number of aryl methyl sites for hydroxylation is 2. The number of ether oxygens (including phenoxy) is 1.